The van der Waals surface area contributed by atoms with E-state index in [2.05, 4.69) is 101 Å². The van der Waals surface area contributed by atoms with Gasteiger partial charge < -0.3 is 17.7 Å². The SMILES string of the molecule is CC[Si](C)(C)OC(=O)CCC(C)[C@@]1(O[Si](C)(C)CC)CCC2C3C(CCC21C)C1(C)CC[C@@H](O[Si](C)(C)CC)CC1C[C@H]3O[Si](C)(C)CC. The highest BCUT2D eigenvalue weighted by molar-refractivity contribution is 6.72. The standard InChI is InChI=1S/C40H80O5Si4/c1-16-46(8,9)42-32-22-25-38(6)31(28-32)29-35(43-47(10,11)17-2)37-33(38)23-26-39(7)34(37)24-27-40(39,45-49(14,15)19-4)30(5)20-21-36(41)44-48(12,13)18-3/h30-35,37H,16-29H2,1-15H3/t30?,31?,32-,33?,34?,35-,37?,38?,39?,40+/m1/s1. The highest BCUT2D eigenvalue weighted by Gasteiger charge is 2.69. The molecule has 0 aromatic carbocycles. The second-order valence-electron chi connectivity index (χ2n) is 20.3. The molecule has 5 nitrogen and oxygen atoms in total. The van der Waals surface area contributed by atoms with Crippen molar-refractivity contribution in [3.63, 3.8) is 0 Å². The van der Waals surface area contributed by atoms with Crippen LogP contribution in [0.3, 0.4) is 0 Å². The molecule has 0 spiro atoms. The summed E-state index contributed by atoms with van der Waals surface area (Å²) >= 11 is 0. The van der Waals surface area contributed by atoms with Gasteiger partial charge in [0.2, 0.25) is 8.32 Å². The van der Waals surface area contributed by atoms with E-state index >= 15 is 0 Å². The summed E-state index contributed by atoms with van der Waals surface area (Å²) in [5, 5.41) is 0. The van der Waals surface area contributed by atoms with E-state index in [4.69, 9.17) is 17.7 Å². The van der Waals surface area contributed by atoms with Crippen LogP contribution in [0.25, 0.3) is 0 Å². The number of fused-ring (bicyclic) bond motifs is 5. The van der Waals surface area contributed by atoms with Crippen LogP contribution in [0.4, 0.5) is 0 Å². The Bertz CT molecular complexity index is 1140. The first-order chi connectivity index (χ1) is 22.5. The van der Waals surface area contributed by atoms with Gasteiger partial charge in [-0.3, -0.25) is 4.79 Å². The predicted octanol–water partition coefficient (Wildman–Crippen LogP) is 12.0. The first kappa shape index (κ1) is 42.0. The summed E-state index contributed by atoms with van der Waals surface area (Å²) < 4.78 is 28.2. The van der Waals surface area contributed by atoms with Crippen molar-refractivity contribution >= 4 is 39.2 Å². The number of hydrogen-bond donors (Lipinski definition) is 0. The lowest BCUT2D eigenvalue weighted by Crippen LogP contribution is -2.64. The molecule has 10 atom stereocenters. The molecular formula is C40H80O5Si4. The third kappa shape index (κ3) is 8.63. The highest BCUT2D eigenvalue weighted by Crippen LogP contribution is 2.71. The summed E-state index contributed by atoms with van der Waals surface area (Å²) in [5.41, 5.74) is 0.235. The van der Waals surface area contributed by atoms with Crippen LogP contribution < -0.4 is 0 Å². The van der Waals surface area contributed by atoms with Crippen LogP contribution in [0.1, 0.15) is 113 Å². The largest absolute Gasteiger partial charge is 0.520 e. The number of rotatable bonds is 15. The van der Waals surface area contributed by atoms with Crippen molar-refractivity contribution in [2.24, 2.45) is 40.4 Å². The van der Waals surface area contributed by atoms with Gasteiger partial charge in [-0.05, 0) is 175 Å². The lowest BCUT2D eigenvalue weighted by atomic mass is 9.43. The predicted molar refractivity (Wildman–Crippen MR) is 217 cm³/mol. The van der Waals surface area contributed by atoms with Crippen molar-refractivity contribution in [2.75, 3.05) is 0 Å². The van der Waals surface area contributed by atoms with Crippen molar-refractivity contribution < 1.29 is 22.5 Å². The average Bonchev–Trinajstić information content (AvgIpc) is 3.32. The van der Waals surface area contributed by atoms with E-state index in [1.165, 1.54) is 57.0 Å². The Hall–Kier alpha value is 0.218. The molecule has 0 heterocycles. The van der Waals surface area contributed by atoms with Crippen LogP contribution in [0.5, 0.6) is 0 Å². The van der Waals surface area contributed by atoms with Crippen molar-refractivity contribution in [3.8, 4) is 0 Å². The van der Waals surface area contributed by atoms with Crippen LogP contribution in [-0.4, -0.2) is 57.0 Å². The third-order valence-electron chi connectivity index (χ3n) is 15.6. The molecule has 4 rings (SSSR count). The fraction of sp³-hybridized carbons (Fsp3) is 0.975. The first-order valence-corrected chi connectivity index (χ1v) is 33.3. The van der Waals surface area contributed by atoms with Gasteiger partial charge in [0.25, 0.3) is 5.97 Å². The lowest BCUT2D eigenvalue weighted by molar-refractivity contribution is -0.193. The molecule has 4 fully saturated rings. The lowest BCUT2D eigenvalue weighted by Gasteiger charge is -2.65. The summed E-state index contributed by atoms with van der Waals surface area (Å²) in [6.07, 6.45) is 11.9. The van der Waals surface area contributed by atoms with Crippen LogP contribution in [0.15, 0.2) is 0 Å². The zero-order valence-corrected chi connectivity index (χ0v) is 39.0. The van der Waals surface area contributed by atoms with E-state index in [1.54, 1.807) is 0 Å². The molecule has 0 aromatic heterocycles. The fourth-order valence-corrected chi connectivity index (χ4v) is 16.1. The van der Waals surface area contributed by atoms with Gasteiger partial charge in [-0.1, -0.05) is 48.5 Å². The van der Waals surface area contributed by atoms with Crippen LogP contribution >= 0.6 is 0 Å². The maximum atomic E-state index is 13.2. The second-order valence-corrected chi connectivity index (χ2v) is 38.0. The van der Waals surface area contributed by atoms with Gasteiger partial charge in [0.05, 0.1) is 5.60 Å². The topological polar surface area (TPSA) is 54.0 Å². The van der Waals surface area contributed by atoms with Gasteiger partial charge in [0, 0.05) is 18.6 Å². The molecule has 0 amide bonds. The Morgan fingerprint density at radius 2 is 1.29 bits per heavy atom. The van der Waals surface area contributed by atoms with Gasteiger partial charge >= 0.3 is 0 Å². The molecule has 0 saturated heterocycles. The second kappa shape index (κ2) is 15.2. The molecular weight excluding hydrogens is 673 g/mol. The molecule has 0 radical (unpaired) electrons. The summed E-state index contributed by atoms with van der Waals surface area (Å²) in [7, 11) is -7.26. The fourth-order valence-electron chi connectivity index (χ4n) is 11.1. The summed E-state index contributed by atoms with van der Waals surface area (Å²) in [6.45, 7) is 35.9. The van der Waals surface area contributed by atoms with Crippen LogP contribution in [-0.2, 0) is 22.5 Å². The molecule has 49 heavy (non-hydrogen) atoms. The molecule has 4 saturated carbocycles. The van der Waals surface area contributed by atoms with E-state index in [9.17, 15) is 4.79 Å². The Labute approximate surface area is 308 Å². The van der Waals surface area contributed by atoms with E-state index < -0.39 is 33.3 Å². The van der Waals surface area contributed by atoms with Gasteiger partial charge in [-0.2, -0.15) is 0 Å². The Morgan fingerprint density at radius 1 is 0.714 bits per heavy atom. The monoisotopic (exact) mass is 753 g/mol. The third-order valence-corrected chi connectivity index (χ3v) is 26.0. The smallest absolute Gasteiger partial charge is 0.292 e. The molecule has 0 aromatic rings. The minimum absolute atomic E-state index is 0.00645. The van der Waals surface area contributed by atoms with E-state index in [1.807, 2.05) is 0 Å². The molecule has 0 N–H and O–H groups in total. The molecule has 4 aliphatic carbocycles. The Kier molecular flexibility index (Phi) is 13.0. The van der Waals surface area contributed by atoms with Gasteiger partial charge in [0.1, 0.15) is 0 Å². The summed E-state index contributed by atoms with van der Waals surface area (Å²) in [5.74, 6) is 2.88. The van der Waals surface area contributed by atoms with Gasteiger partial charge in [-0.25, -0.2) is 0 Å². The molecule has 0 aliphatic heterocycles. The Balaban J connectivity index is 1.69. The molecule has 9 heteroatoms. The van der Waals surface area contributed by atoms with Crippen LogP contribution in [0, 0.1) is 40.4 Å². The van der Waals surface area contributed by atoms with Crippen LogP contribution in [0.2, 0.25) is 76.6 Å². The quantitative estimate of drug-likeness (QED) is 0.156. The zero-order valence-electron chi connectivity index (χ0n) is 35.0. The van der Waals surface area contributed by atoms with Crippen molar-refractivity contribution in [1.82, 2.24) is 0 Å². The minimum Gasteiger partial charge on any atom is -0.520 e. The number of carbonyl (C=O) groups is 1. The number of carbonyl (C=O) groups excluding carboxylic acids is 1. The molecule has 4 aliphatic rings. The average molecular weight is 753 g/mol. The Morgan fingerprint density at radius 3 is 1.88 bits per heavy atom. The summed E-state index contributed by atoms with van der Waals surface area (Å²) in [6, 6.07) is 4.45. The summed E-state index contributed by atoms with van der Waals surface area (Å²) in [4.78, 5) is 13.2. The molecule has 0 bridgehead atoms. The molecule has 286 valence electrons. The molecule has 7 unspecified atom stereocenters. The van der Waals surface area contributed by atoms with Crippen molar-refractivity contribution in [1.29, 1.82) is 0 Å². The van der Waals surface area contributed by atoms with Gasteiger partial charge in [0.15, 0.2) is 25.0 Å². The van der Waals surface area contributed by atoms with E-state index in [0.29, 0.717) is 53.6 Å². The number of hydrogen-bond acceptors (Lipinski definition) is 5. The van der Waals surface area contributed by atoms with Gasteiger partial charge in [-0.15, -0.1) is 0 Å². The maximum Gasteiger partial charge on any atom is 0.292 e. The maximum absolute atomic E-state index is 13.2. The normalized spacial score (nSPS) is 37.6. The minimum atomic E-state index is -1.93. The zero-order chi connectivity index (χ0) is 36.8. The van der Waals surface area contributed by atoms with E-state index in [0.717, 1.165) is 24.9 Å². The highest BCUT2D eigenvalue weighted by atomic mass is 28.4. The van der Waals surface area contributed by atoms with Crippen molar-refractivity contribution in [3.05, 3.63) is 0 Å². The van der Waals surface area contributed by atoms with Crippen molar-refractivity contribution in [2.45, 2.75) is 207 Å². The van der Waals surface area contributed by atoms with E-state index in [-0.39, 0.29) is 17.0 Å². The first-order valence-electron chi connectivity index (χ1n) is 20.8.